The molecular weight excluding hydrogens is 460 g/mol. The molecule has 0 aliphatic heterocycles. The van der Waals surface area contributed by atoms with E-state index in [-0.39, 0.29) is 26.6 Å². The second kappa shape index (κ2) is 10.8. The summed E-state index contributed by atoms with van der Waals surface area (Å²) in [6.45, 7) is 0. The second-order valence-electron chi connectivity index (χ2n) is 5.37. The first-order chi connectivity index (χ1) is 14.3. The maximum absolute atomic E-state index is 13.0. The van der Waals surface area contributed by atoms with Gasteiger partial charge >= 0.3 is 11.9 Å². The summed E-state index contributed by atoms with van der Waals surface area (Å²) >= 11 is 17.0. The second-order valence-corrected chi connectivity index (χ2v) is 6.57. The van der Waals surface area contributed by atoms with E-state index in [2.05, 4.69) is 24.4 Å². The predicted octanol–water partition coefficient (Wildman–Crippen LogP) is 4.90. The number of ether oxygens (including phenoxy) is 2. The van der Waals surface area contributed by atoms with Crippen LogP contribution in [0, 0.1) is 5.82 Å². The maximum Gasteiger partial charge on any atom is 0.358 e. The summed E-state index contributed by atoms with van der Waals surface area (Å²) < 4.78 is 22.0. The lowest BCUT2D eigenvalue weighted by molar-refractivity contribution is 0.0585. The monoisotopic (exact) mass is 471 g/mol. The van der Waals surface area contributed by atoms with Gasteiger partial charge < -0.3 is 9.47 Å². The highest BCUT2D eigenvalue weighted by atomic mass is 35.5. The molecule has 0 atom stereocenters. The molecule has 0 fully saturated rings. The van der Waals surface area contributed by atoms with Gasteiger partial charge in [0.25, 0.3) is 0 Å². The number of pyridine rings is 3. The first-order valence-electron chi connectivity index (χ1n) is 8.03. The van der Waals surface area contributed by atoms with Crippen molar-refractivity contribution in [3.63, 3.8) is 0 Å². The van der Waals surface area contributed by atoms with Crippen molar-refractivity contribution in [2.24, 2.45) is 0 Å². The van der Waals surface area contributed by atoms with Crippen molar-refractivity contribution < 1.29 is 23.5 Å². The highest BCUT2D eigenvalue weighted by molar-refractivity contribution is 6.34. The number of aromatic nitrogens is 3. The van der Waals surface area contributed by atoms with Crippen LogP contribution in [0.2, 0.25) is 15.2 Å². The van der Waals surface area contributed by atoms with Crippen LogP contribution in [0.5, 0.6) is 0 Å². The van der Waals surface area contributed by atoms with Gasteiger partial charge in [0.2, 0.25) is 0 Å². The number of hydrogen-bond acceptors (Lipinski definition) is 7. The van der Waals surface area contributed by atoms with Gasteiger partial charge in [0, 0.05) is 11.8 Å². The van der Waals surface area contributed by atoms with Crippen LogP contribution in [0.4, 0.5) is 4.39 Å². The van der Waals surface area contributed by atoms with Gasteiger partial charge in [0.05, 0.1) is 36.2 Å². The van der Waals surface area contributed by atoms with Gasteiger partial charge in [-0.25, -0.2) is 23.9 Å². The summed E-state index contributed by atoms with van der Waals surface area (Å²) in [5, 5.41) is 0.612. The molecule has 0 aliphatic carbocycles. The van der Waals surface area contributed by atoms with Gasteiger partial charge in [-0.1, -0.05) is 34.8 Å². The number of halogens is 4. The molecule has 3 aromatic rings. The number of carbonyl (C=O) groups is 2. The highest BCUT2D eigenvalue weighted by Crippen LogP contribution is 2.22. The Kier molecular flexibility index (Phi) is 8.46. The molecule has 3 rings (SSSR count). The molecule has 0 radical (unpaired) electrons. The van der Waals surface area contributed by atoms with Crippen molar-refractivity contribution in [3.05, 3.63) is 75.1 Å². The number of rotatable bonds is 3. The largest absolute Gasteiger partial charge is 0.464 e. The number of hydrogen-bond donors (Lipinski definition) is 0. The summed E-state index contributed by atoms with van der Waals surface area (Å²) in [4.78, 5) is 33.8. The number of carbonyl (C=O) groups excluding carboxylic acids is 2. The fraction of sp³-hybridized carbons (Fsp3) is 0.105. The quantitative estimate of drug-likeness (QED) is 0.395. The van der Waals surface area contributed by atoms with E-state index in [0.717, 1.165) is 6.20 Å². The van der Waals surface area contributed by atoms with E-state index >= 15 is 0 Å². The van der Waals surface area contributed by atoms with Gasteiger partial charge in [-0.2, -0.15) is 0 Å². The molecule has 0 unspecified atom stereocenters. The fourth-order valence-corrected chi connectivity index (χ4v) is 2.57. The minimum atomic E-state index is -0.647. The van der Waals surface area contributed by atoms with E-state index in [1.807, 2.05) is 0 Å². The average molecular weight is 473 g/mol. The van der Waals surface area contributed by atoms with Gasteiger partial charge in [-0.3, -0.25) is 4.98 Å². The van der Waals surface area contributed by atoms with Crippen LogP contribution in [-0.4, -0.2) is 41.1 Å². The first-order valence-corrected chi connectivity index (χ1v) is 9.16. The van der Waals surface area contributed by atoms with Crippen LogP contribution in [0.25, 0.3) is 11.3 Å². The smallest absolute Gasteiger partial charge is 0.358 e. The third-order valence-corrected chi connectivity index (χ3v) is 4.24. The summed E-state index contributed by atoms with van der Waals surface area (Å²) in [5.74, 6) is -1.72. The Bertz CT molecular complexity index is 1080. The van der Waals surface area contributed by atoms with Crippen LogP contribution < -0.4 is 0 Å². The van der Waals surface area contributed by atoms with Crippen LogP contribution in [0.1, 0.15) is 21.0 Å². The van der Waals surface area contributed by atoms with Crippen molar-refractivity contribution in [3.8, 4) is 11.3 Å². The average Bonchev–Trinajstić information content (AvgIpc) is 2.75. The molecule has 0 aromatic carbocycles. The van der Waals surface area contributed by atoms with Gasteiger partial charge in [0.15, 0.2) is 11.4 Å². The van der Waals surface area contributed by atoms with Crippen molar-refractivity contribution in [1.82, 2.24) is 15.0 Å². The summed E-state index contributed by atoms with van der Waals surface area (Å²) in [6, 6.07) is 7.33. The Hall–Kier alpha value is -2.81. The molecule has 3 heterocycles. The van der Waals surface area contributed by atoms with E-state index in [1.54, 1.807) is 6.07 Å². The zero-order valence-electron chi connectivity index (χ0n) is 15.5. The Morgan fingerprint density at radius 2 is 1.43 bits per heavy atom. The Morgan fingerprint density at radius 1 is 0.867 bits per heavy atom. The lowest BCUT2D eigenvalue weighted by Crippen LogP contribution is -2.06. The number of methoxy groups -OCH3 is 2. The summed E-state index contributed by atoms with van der Waals surface area (Å²) in [7, 11) is 2.48. The zero-order valence-corrected chi connectivity index (χ0v) is 17.8. The highest BCUT2D eigenvalue weighted by Gasteiger charge is 2.14. The molecule has 7 nitrogen and oxygen atoms in total. The molecule has 0 saturated carbocycles. The molecule has 0 spiro atoms. The SMILES string of the molecule is COC(=O)c1nc(-c2cncc(F)c2)ccc1Cl.COC(=O)c1nc(Cl)ccc1Cl. The van der Waals surface area contributed by atoms with E-state index in [4.69, 9.17) is 34.8 Å². The van der Waals surface area contributed by atoms with Gasteiger partial charge in [0.1, 0.15) is 11.0 Å². The zero-order chi connectivity index (χ0) is 22.3. The van der Waals surface area contributed by atoms with Crippen molar-refractivity contribution in [2.75, 3.05) is 14.2 Å². The van der Waals surface area contributed by atoms with Gasteiger partial charge in [-0.05, 0) is 30.3 Å². The fourth-order valence-electron chi connectivity index (χ4n) is 2.05. The summed E-state index contributed by atoms with van der Waals surface area (Å²) in [6.07, 6.45) is 2.53. The lowest BCUT2D eigenvalue weighted by Gasteiger charge is -2.05. The molecule has 0 bridgehead atoms. The van der Waals surface area contributed by atoms with Crippen LogP contribution >= 0.6 is 34.8 Å². The van der Waals surface area contributed by atoms with Crippen LogP contribution in [0.3, 0.4) is 0 Å². The van der Waals surface area contributed by atoms with Crippen molar-refractivity contribution in [1.29, 1.82) is 0 Å². The molecule has 0 N–H and O–H groups in total. The third-order valence-electron chi connectivity index (χ3n) is 3.42. The molecule has 156 valence electrons. The molecule has 0 saturated heterocycles. The minimum absolute atomic E-state index is 0.0130. The van der Waals surface area contributed by atoms with E-state index < -0.39 is 17.8 Å². The van der Waals surface area contributed by atoms with Crippen molar-refractivity contribution in [2.45, 2.75) is 0 Å². The lowest BCUT2D eigenvalue weighted by atomic mass is 10.2. The van der Waals surface area contributed by atoms with Gasteiger partial charge in [-0.15, -0.1) is 0 Å². The number of esters is 2. The molecular formula is C19H13Cl3FN3O4. The van der Waals surface area contributed by atoms with E-state index in [0.29, 0.717) is 11.3 Å². The summed E-state index contributed by atoms with van der Waals surface area (Å²) in [5.41, 5.74) is 0.871. The number of nitrogens with zero attached hydrogens (tertiary/aromatic N) is 3. The normalized spacial score (nSPS) is 9.93. The minimum Gasteiger partial charge on any atom is -0.464 e. The van der Waals surface area contributed by atoms with Crippen LogP contribution in [-0.2, 0) is 9.47 Å². The molecule has 0 aliphatic rings. The Labute approximate surface area is 185 Å². The Morgan fingerprint density at radius 3 is 2.00 bits per heavy atom. The predicted molar refractivity (Wildman–Crippen MR) is 109 cm³/mol. The molecule has 11 heteroatoms. The maximum atomic E-state index is 13.0. The topological polar surface area (TPSA) is 91.3 Å². The Balaban J connectivity index is 0.000000232. The van der Waals surface area contributed by atoms with Crippen LogP contribution in [0.15, 0.2) is 42.7 Å². The van der Waals surface area contributed by atoms with Crippen molar-refractivity contribution >= 4 is 46.7 Å². The molecule has 30 heavy (non-hydrogen) atoms. The van der Waals surface area contributed by atoms with E-state index in [9.17, 15) is 14.0 Å². The molecule has 3 aromatic heterocycles. The third kappa shape index (κ3) is 6.09. The molecule has 0 amide bonds. The van der Waals surface area contributed by atoms with E-state index in [1.165, 1.54) is 44.7 Å². The first kappa shape index (κ1) is 23.5. The standard InChI is InChI=1S/C12H8ClFN2O2.C7H5Cl2NO2/c1-18-12(17)11-9(13)2-3-10(16-11)7-4-8(14)6-15-5-7;1-12-7(11)6-4(8)2-3-5(9)10-6/h2-6H,1H3;2-3H,1H3.